The van der Waals surface area contributed by atoms with Crippen LogP contribution >= 0.6 is 0 Å². The zero-order valence-electron chi connectivity index (χ0n) is 24.6. The fourth-order valence-electron chi connectivity index (χ4n) is 10.5. The van der Waals surface area contributed by atoms with Crippen LogP contribution in [0.25, 0.3) is 0 Å². The molecule has 2 nitrogen and oxygen atoms in total. The van der Waals surface area contributed by atoms with Gasteiger partial charge in [-0.2, -0.15) is 0 Å². The molecule has 0 amide bonds. The fraction of sp³-hybridized carbons (Fsp3) is 0.853. The Hall–Kier alpha value is -0.0913. The number of hydrogen-bond acceptors (Lipinski definition) is 2. The summed E-state index contributed by atoms with van der Waals surface area (Å²) in [5, 5.41) is 12.8. The summed E-state index contributed by atoms with van der Waals surface area (Å²) < 4.78 is 7.29. The van der Waals surface area contributed by atoms with E-state index in [9.17, 15) is 9.90 Å². The molecule has 0 aromatic heterocycles. The summed E-state index contributed by atoms with van der Waals surface area (Å²) in [6.07, 6.45) is 21.8. The monoisotopic (exact) mass is 616 g/mol. The molecule has 208 valence electrons. The average molecular weight is 616 g/mol. The second kappa shape index (κ2) is 11.4. The Labute approximate surface area is 232 Å². The topological polar surface area (TPSA) is 37.3 Å². The van der Waals surface area contributed by atoms with Crippen molar-refractivity contribution < 1.29 is 9.90 Å². The second-order valence-corrected chi connectivity index (χ2v) is 27.1. The number of allylic oxidation sites excluding steroid dienone is 1. The Morgan fingerprint density at radius 2 is 1.59 bits per heavy atom. The van der Waals surface area contributed by atoms with E-state index in [-0.39, 0.29) is 5.41 Å². The van der Waals surface area contributed by atoms with E-state index in [1.165, 1.54) is 83.1 Å². The van der Waals surface area contributed by atoms with Crippen molar-refractivity contribution in [3.8, 4) is 0 Å². The first-order valence-electron chi connectivity index (χ1n) is 16.5. The molecule has 3 heteroatoms. The van der Waals surface area contributed by atoms with Gasteiger partial charge >= 0.3 is 233 Å². The Morgan fingerprint density at radius 1 is 0.919 bits per heavy atom. The van der Waals surface area contributed by atoms with Gasteiger partial charge in [-0.3, -0.25) is 0 Å². The van der Waals surface area contributed by atoms with Crippen molar-refractivity contribution >= 4 is 24.2 Å². The number of rotatable bonds is 12. The summed E-state index contributed by atoms with van der Waals surface area (Å²) in [5.41, 5.74) is 1.03. The first-order valence-corrected chi connectivity index (χ1v) is 24.2. The predicted molar refractivity (Wildman–Crippen MR) is 158 cm³/mol. The standard InChI is InChI=1S/C22H29O2.3C4H9.Sn/c1-3-21-10-9-16-15-8-6-14(23)11-13(15)5-7-17(16)20(21)18-12-19(18)22(21,24)4-2;3*1-3-4-2;/h2,4,11,15-20,24H,3,5-10,12H2,1H3;3*1,3-4H2,2H3;/t15-,16+,17+,18+,19-,20+,21-,22-;;;;/m0..../s1. The molecule has 5 rings (SSSR count). The first-order chi connectivity index (χ1) is 17.9. The van der Waals surface area contributed by atoms with E-state index in [2.05, 4.69) is 37.9 Å². The predicted octanol–water partition coefficient (Wildman–Crippen LogP) is 9.05. The molecule has 0 saturated heterocycles. The van der Waals surface area contributed by atoms with E-state index in [1.807, 2.05) is 6.08 Å². The van der Waals surface area contributed by atoms with E-state index in [0.717, 1.165) is 43.4 Å². The Kier molecular flexibility index (Phi) is 8.78. The third-order valence-electron chi connectivity index (χ3n) is 12.5. The Bertz CT molecular complexity index is 868. The summed E-state index contributed by atoms with van der Waals surface area (Å²) in [5.74, 6) is 4.55. The molecule has 0 unspecified atom stereocenters. The Balaban J connectivity index is 1.44. The average Bonchev–Trinajstić information content (AvgIpc) is 3.68. The summed E-state index contributed by atoms with van der Waals surface area (Å²) in [6.45, 7) is 9.50. The molecular formula is C34H56O2Sn. The second-order valence-electron chi connectivity index (χ2n) is 14.1. The van der Waals surface area contributed by atoms with Crippen molar-refractivity contribution in [2.75, 3.05) is 0 Å². The molecule has 0 heterocycles. The van der Waals surface area contributed by atoms with Crippen LogP contribution in [-0.4, -0.2) is 34.9 Å². The molecule has 0 radical (unpaired) electrons. The van der Waals surface area contributed by atoms with E-state index < -0.39 is 24.0 Å². The third kappa shape index (κ3) is 4.89. The van der Waals surface area contributed by atoms with Crippen molar-refractivity contribution in [1.29, 1.82) is 0 Å². The minimum absolute atomic E-state index is 0.0990. The molecule has 0 aliphatic heterocycles. The maximum atomic E-state index is 12.8. The van der Waals surface area contributed by atoms with E-state index in [1.54, 1.807) is 0 Å². The molecule has 0 aromatic rings. The number of unbranched alkanes of at least 4 members (excludes halogenated alkanes) is 3. The van der Waals surface area contributed by atoms with E-state index in [0.29, 0.717) is 23.5 Å². The molecule has 37 heavy (non-hydrogen) atoms. The van der Waals surface area contributed by atoms with Crippen LogP contribution in [0.3, 0.4) is 0 Å². The van der Waals surface area contributed by atoms with E-state index in [4.69, 9.17) is 0 Å². The fourth-order valence-corrected chi connectivity index (χ4v) is 24.9. The molecule has 4 saturated carbocycles. The van der Waals surface area contributed by atoms with Crippen molar-refractivity contribution in [2.24, 2.45) is 40.9 Å². The Morgan fingerprint density at radius 3 is 2.22 bits per heavy atom. The van der Waals surface area contributed by atoms with Gasteiger partial charge in [-0.15, -0.1) is 0 Å². The van der Waals surface area contributed by atoms with E-state index >= 15 is 0 Å². The minimum atomic E-state index is -2.45. The number of carbonyl (C=O) groups is 1. The summed E-state index contributed by atoms with van der Waals surface area (Å²) in [7, 11) is 0. The molecule has 0 bridgehead atoms. The molecule has 5 aliphatic carbocycles. The van der Waals surface area contributed by atoms with Gasteiger partial charge in [0.25, 0.3) is 0 Å². The zero-order valence-corrected chi connectivity index (χ0v) is 27.4. The SMILES string of the molecule is CCC[CH2][Sn](/[CH]=C\[C@]1(O)[C@H]2C[C@H]2[C@H]2[C@@H]3CCC4=CC(=O)CC[C@@H]4[C@H]3CC[C@@]21CC)([CH2]CCC)[CH2]CCC. The molecule has 4 fully saturated rings. The van der Waals surface area contributed by atoms with Crippen LogP contribution in [0.2, 0.25) is 13.3 Å². The number of carbonyl (C=O) groups excluding carboxylic acids is 1. The van der Waals surface area contributed by atoms with Gasteiger partial charge in [0.2, 0.25) is 0 Å². The summed E-state index contributed by atoms with van der Waals surface area (Å²) in [6, 6.07) is 0. The third-order valence-corrected chi connectivity index (χ3v) is 26.5. The van der Waals surface area contributed by atoms with Gasteiger partial charge in [0, 0.05) is 0 Å². The van der Waals surface area contributed by atoms with Gasteiger partial charge in [-0.05, 0) is 0 Å². The van der Waals surface area contributed by atoms with Crippen molar-refractivity contribution in [1.82, 2.24) is 0 Å². The van der Waals surface area contributed by atoms with Gasteiger partial charge in [-0.1, -0.05) is 0 Å². The van der Waals surface area contributed by atoms with Gasteiger partial charge in [0.15, 0.2) is 0 Å². The van der Waals surface area contributed by atoms with Crippen LogP contribution in [0, 0.1) is 40.9 Å². The summed E-state index contributed by atoms with van der Waals surface area (Å²) in [4.78, 5) is 12.1. The van der Waals surface area contributed by atoms with Crippen molar-refractivity contribution in [2.45, 2.75) is 136 Å². The van der Waals surface area contributed by atoms with Gasteiger partial charge in [0.05, 0.1) is 0 Å². The number of ketones is 1. The first kappa shape index (κ1) is 28.4. The molecule has 8 atom stereocenters. The quantitative estimate of drug-likeness (QED) is 0.223. The van der Waals surface area contributed by atoms with Gasteiger partial charge in [-0.25, -0.2) is 0 Å². The molecule has 0 aromatic carbocycles. The molecule has 1 N–H and O–H groups in total. The molecule has 5 aliphatic rings. The van der Waals surface area contributed by atoms with Crippen LogP contribution in [0.5, 0.6) is 0 Å². The molecule has 0 spiro atoms. The summed E-state index contributed by atoms with van der Waals surface area (Å²) >= 11 is -2.45. The number of hydrogen-bond donors (Lipinski definition) is 1. The number of fused-ring (bicyclic) bond motifs is 7. The van der Waals surface area contributed by atoms with Crippen LogP contribution in [-0.2, 0) is 4.79 Å². The van der Waals surface area contributed by atoms with Crippen LogP contribution in [0.4, 0.5) is 0 Å². The van der Waals surface area contributed by atoms with Crippen LogP contribution < -0.4 is 0 Å². The van der Waals surface area contributed by atoms with Gasteiger partial charge < -0.3 is 0 Å². The normalized spacial score (nSPS) is 40.7. The van der Waals surface area contributed by atoms with Gasteiger partial charge in [0.1, 0.15) is 0 Å². The number of aliphatic hydroxyl groups is 1. The van der Waals surface area contributed by atoms with Crippen LogP contribution in [0.15, 0.2) is 21.8 Å². The van der Waals surface area contributed by atoms with Crippen LogP contribution in [0.1, 0.15) is 118 Å². The molecular weight excluding hydrogens is 559 g/mol. The zero-order chi connectivity index (χ0) is 26.3. The maximum absolute atomic E-state index is 12.8. The van der Waals surface area contributed by atoms with Crippen molar-refractivity contribution in [3.05, 3.63) is 21.8 Å². The van der Waals surface area contributed by atoms with Crippen molar-refractivity contribution in [3.63, 3.8) is 0 Å².